The van der Waals surface area contributed by atoms with Gasteiger partial charge in [-0.1, -0.05) is 0 Å². The zero-order valence-corrected chi connectivity index (χ0v) is 6.84. The first kappa shape index (κ1) is 6.73. The van der Waals surface area contributed by atoms with Gasteiger partial charge in [0.15, 0.2) is 0 Å². The van der Waals surface area contributed by atoms with Crippen LogP contribution in [0.15, 0.2) is 0 Å². The first-order valence-electron chi connectivity index (χ1n) is 1.69. The molecule has 0 radical (unpaired) electrons. The molecule has 2 N–H and O–H groups in total. The molecular weight excluding hydrogens is 248 g/mol. The second kappa shape index (κ2) is 3.90. The SMILES string of the molecule is [CH3][Ta][CH2]B(O)O. The third-order valence-electron chi connectivity index (χ3n) is 0.346. The van der Waals surface area contributed by atoms with E-state index in [1.165, 1.54) is 0 Å². The summed E-state index contributed by atoms with van der Waals surface area (Å²) in [5, 5.41) is 18.4. The van der Waals surface area contributed by atoms with E-state index < -0.39 is 26.9 Å². The van der Waals surface area contributed by atoms with Gasteiger partial charge in [0, 0.05) is 0 Å². The van der Waals surface area contributed by atoms with Crippen LogP contribution in [0.25, 0.3) is 0 Å². The summed E-state index contributed by atoms with van der Waals surface area (Å²) in [5.41, 5.74) is 0. The van der Waals surface area contributed by atoms with Crippen LogP contribution in [0.3, 0.4) is 0 Å². The molecule has 0 fully saturated rings. The van der Waals surface area contributed by atoms with Gasteiger partial charge in [-0.2, -0.15) is 0 Å². The monoisotopic (exact) mass is 255 g/mol. The van der Waals surface area contributed by atoms with Crippen molar-refractivity contribution in [1.29, 1.82) is 0 Å². The van der Waals surface area contributed by atoms with Crippen LogP contribution in [0.5, 0.6) is 0 Å². The molecule has 0 bridgehead atoms. The molecule has 0 atom stereocenters. The summed E-state index contributed by atoms with van der Waals surface area (Å²) in [7, 11) is -1.02. The molecule has 0 rings (SSSR count). The van der Waals surface area contributed by atoms with Gasteiger partial charge in [0.05, 0.1) is 0 Å². The molecule has 2 nitrogen and oxygen atoms in total. The van der Waals surface area contributed by atoms with Crippen molar-refractivity contribution in [3.63, 3.8) is 0 Å². The second-order valence-electron chi connectivity index (χ2n) is 0.979. The van der Waals surface area contributed by atoms with Crippen LogP contribution in [-0.2, 0) is 19.8 Å². The van der Waals surface area contributed by atoms with E-state index >= 15 is 0 Å². The molecule has 0 aliphatic heterocycles. The number of hydrogen-bond donors (Lipinski definition) is 2. The fraction of sp³-hybridized carbons (Fsp3) is 1.00. The van der Waals surface area contributed by atoms with Gasteiger partial charge in [0.25, 0.3) is 0 Å². The Kier molecular flexibility index (Phi) is 4.37. The Morgan fingerprint density at radius 1 is 1.67 bits per heavy atom. The van der Waals surface area contributed by atoms with E-state index in [1.807, 2.05) is 0 Å². The standard InChI is InChI=1S/CH4BO2.CH3.Ta/c1-2(3)4;;/h3-4H,1H2;1H3;. The molecule has 0 aromatic carbocycles. The quantitative estimate of drug-likeness (QED) is 0.656. The third-order valence-corrected chi connectivity index (χ3v) is 2.83. The van der Waals surface area contributed by atoms with Crippen molar-refractivity contribution in [3.05, 3.63) is 0 Å². The Labute approximate surface area is 47.0 Å². The Morgan fingerprint density at radius 2 is 2.17 bits per heavy atom. The van der Waals surface area contributed by atoms with Gasteiger partial charge in [-0.25, -0.2) is 0 Å². The minimum absolute atomic E-state index is 0.423. The molecule has 0 heterocycles. The van der Waals surface area contributed by atoms with Gasteiger partial charge in [-0.3, -0.25) is 0 Å². The molecule has 6 heavy (non-hydrogen) atoms. The normalized spacial score (nSPS) is 7.83. The maximum atomic E-state index is 8.15. The molecule has 0 amide bonds. The van der Waals surface area contributed by atoms with Gasteiger partial charge < -0.3 is 0 Å². The van der Waals surface area contributed by atoms with Crippen molar-refractivity contribution in [2.45, 2.75) is 9.68 Å². The Morgan fingerprint density at radius 3 is 2.17 bits per heavy atom. The average molecular weight is 255 g/mol. The van der Waals surface area contributed by atoms with Crippen LogP contribution in [0, 0.1) is 0 Å². The zero-order chi connectivity index (χ0) is 4.99. The molecule has 0 saturated carbocycles. The van der Waals surface area contributed by atoms with Crippen LogP contribution in [-0.4, -0.2) is 17.2 Å². The molecular formula is C2H7BO2Ta. The van der Waals surface area contributed by atoms with Gasteiger partial charge in [0.2, 0.25) is 0 Å². The van der Waals surface area contributed by atoms with Gasteiger partial charge >= 0.3 is 46.6 Å². The summed E-state index contributed by atoms with van der Waals surface area (Å²) in [6, 6.07) is 0. The Balaban J connectivity index is 2.63. The van der Waals surface area contributed by atoms with Crippen molar-refractivity contribution in [2.24, 2.45) is 0 Å². The summed E-state index contributed by atoms with van der Waals surface area (Å²) in [6.45, 7) is 0. The predicted molar refractivity (Wildman–Crippen MR) is 20.9 cm³/mol. The molecule has 4 heteroatoms. The van der Waals surface area contributed by atoms with Gasteiger partial charge in [-0.15, -0.1) is 0 Å². The van der Waals surface area contributed by atoms with Gasteiger partial charge in [-0.05, 0) is 0 Å². The first-order chi connectivity index (χ1) is 2.77. The number of rotatable bonds is 2. The fourth-order valence-electron chi connectivity index (χ4n) is 0.163. The topological polar surface area (TPSA) is 40.5 Å². The molecule has 0 aromatic rings. The van der Waals surface area contributed by atoms with Crippen LogP contribution in [0.1, 0.15) is 0 Å². The third kappa shape index (κ3) is 4.73. The minimum atomic E-state index is -1.02. The maximum absolute atomic E-state index is 8.15. The van der Waals surface area contributed by atoms with E-state index in [9.17, 15) is 0 Å². The van der Waals surface area contributed by atoms with E-state index in [-0.39, 0.29) is 0 Å². The van der Waals surface area contributed by atoms with Crippen molar-refractivity contribution < 1.29 is 29.8 Å². The average Bonchev–Trinajstić information content (AvgIpc) is 1.35. The van der Waals surface area contributed by atoms with E-state index in [0.29, 0.717) is 4.54 Å². The molecule has 0 saturated heterocycles. The molecule has 0 aromatic heterocycles. The zero-order valence-electron chi connectivity index (χ0n) is 3.63. The molecule has 35 valence electrons. The van der Waals surface area contributed by atoms with Crippen molar-refractivity contribution in [3.8, 4) is 0 Å². The van der Waals surface area contributed by atoms with E-state index in [0.717, 1.165) is 0 Å². The summed E-state index contributed by atoms with van der Waals surface area (Å²) in [6.07, 6.45) is 0. The summed E-state index contributed by atoms with van der Waals surface area (Å²) in [4.78, 5) is 0. The summed E-state index contributed by atoms with van der Waals surface area (Å²) in [5.74, 6) is 0. The van der Waals surface area contributed by atoms with E-state index in [4.69, 9.17) is 10.0 Å². The summed E-state index contributed by atoms with van der Waals surface area (Å²) < 4.78 is 0.667. The van der Waals surface area contributed by atoms with Crippen LogP contribution in [0.4, 0.5) is 0 Å². The molecule has 0 aliphatic carbocycles. The van der Waals surface area contributed by atoms with Crippen molar-refractivity contribution >= 4 is 7.12 Å². The fourth-order valence-corrected chi connectivity index (χ4v) is 1.34. The second-order valence-corrected chi connectivity index (χ2v) is 4.56. The Hall–Kier alpha value is 0.725. The van der Waals surface area contributed by atoms with E-state index in [2.05, 4.69) is 5.14 Å². The molecule has 0 spiro atoms. The first-order valence-corrected chi connectivity index (χ1v) is 7.17. The van der Waals surface area contributed by atoms with Crippen LogP contribution >= 0.6 is 0 Å². The van der Waals surface area contributed by atoms with Gasteiger partial charge in [0.1, 0.15) is 0 Å². The number of hydrogen-bond acceptors (Lipinski definition) is 2. The predicted octanol–water partition coefficient (Wildman–Crippen LogP) is -0.453. The molecule has 0 aliphatic rings. The molecule has 0 unspecified atom stereocenters. The summed E-state index contributed by atoms with van der Waals surface area (Å²) >= 11 is -0.423. The van der Waals surface area contributed by atoms with E-state index in [1.54, 1.807) is 0 Å². The van der Waals surface area contributed by atoms with Crippen molar-refractivity contribution in [1.82, 2.24) is 0 Å². The Bertz CT molecular complexity index is 32.7. The van der Waals surface area contributed by atoms with Crippen molar-refractivity contribution in [2.75, 3.05) is 0 Å². The van der Waals surface area contributed by atoms with Crippen LogP contribution < -0.4 is 0 Å². The van der Waals surface area contributed by atoms with Crippen LogP contribution in [0.2, 0.25) is 9.68 Å².